The van der Waals surface area contributed by atoms with Crippen molar-refractivity contribution in [1.82, 2.24) is 0 Å². The molecule has 0 bridgehead atoms. The van der Waals surface area contributed by atoms with Crippen molar-refractivity contribution in [2.24, 2.45) is 0 Å². The van der Waals surface area contributed by atoms with Crippen molar-refractivity contribution in [3.63, 3.8) is 0 Å². The standard InChI is InChI=1S/C12H18N/c1-11(2)13(3,4)10-12-8-6-5-7-9-12/h3,5-9,11H,10H2,1-2,4H3. The van der Waals surface area contributed by atoms with Gasteiger partial charge in [0.2, 0.25) is 0 Å². The molecule has 0 aromatic heterocycles. The van der Waals surface area contributed by atoms with Gasteiger partial charge in [-0.25, -0.2) is 7.05 Å². The molecule has 1 radical (unpaired) electrons. The van der Waals surface area contributed by atoms with Crippen LogP contribution in [0, 0.1) is 7.05 Å². The maximum atomic E-state index is 6.13. The second-order valence-corrected chi connectivity index (χ2v) is 4.08. The molecular formula is C12H18N. The molecule has 0 aliphatic rings. The summed E-state index contributed by atoms with van der Waals surface area (Å²) in [4.78, 5) is 0. The van der Waals surface area contributed by atoms with Crippen LogP contribution in [0.4, 0.5) is 0 Å². The van der Waals surface area contributed by atoms with E-state index in [4.69, 9.17) is 7.05 Å². The molecule has 0 heterocycles. The quantitative estimate of drug-likeness (QED) is 0.490. The minimum Gasteiger partial charge on any atom is -0.473 e. The number of benzene rings is 1. The first kappa shape index (κ1) is 10.3. The number of rotatable bonds is 3. The van der Waals surface area contributed by atoms with Gasteiger partial charge in [0.05, 0.1) is 12.6 Å². The molecule has 0 spiro atoms. The smallest absolute Gasteiger partial charge is 0.0787 e. The second kappa shape index (κ2) is 3.93. The van der Waals surface area contributed by atoms with Crippen LogP contribution in [0.2, 0.25) is 0 Å². The molecule has 0 saturated heterocycles. The third-order valence-corrected chi connectivity index (χ3v) is 2.55. The van der Waals surface area contributed by atoms with Crippen molar-refractivity contribution in [3.05, 3.63) is 42.9 Å². The maximum Gasteiger partial charge on any atom is 0.0787 e. The summed E-state index contributed by atoms with van der Waals surface area (Å²) in [5.41, 5.74) is 1.29. The summed E-state index contributed by atoms with van der Waals surface area (Å²) in [5.74, 6) is 0. The number of hydrogen-bond acceptors (Lipinski definition) is 0. The molecule has 0 saturated carbocycles. The van der Waals surface area contributed by atoms with Crippen molar-refractivity contribution < 1.29 is 4.48 Å². The van der Waals surface area contributed by atoms with Crippen molar-refractivity contribution in [3.8, 4) is 0 Å². The van der Waals surface area contributed by atoms with E-state index in [1.807, 2.05) is 6.07 Å². The second-order valence-electron chi connectivity index (χ2n) is 4.08. The topological polar surface area (TPSA) is 0 Å². The van der Waals surface area contributed by atoms with E-state index in [0.29, 0.717) is 10.5 Å². The van der Waals surface area contributed by atoms with Crippen molar-refractivity contribution in [2.75, 3.05) is 7.05 Å². The fraction of sp³-hybridized carbons (Fsp3) is 0.417. The van der Waals surface area contributed by atoms with Crippen molar-refractivity contribution >= 4 is 0 Å². The van der Waals surface area contributed by atoms with E-state index in [2.05, 4.69) is 45.2 Å². The molecule has 71 valence electrons. The first-order valence-electron chi connectivity index (χ1n) is 4.70. The molecule has 1 aromatic carbocycles. The Balaban J connectivity index is 2.69. The van der Waals surface area contributed by atoms with Gasteiger partial charge in [0.25, 0.3) is 0 Å². The van der Waals surface area contributed by atoms with Gasteiger partial charge < -0.3 is 4.48 Å². The zero-order valence-electron chi connectivity index (χ0n) is 8.70. The van der Waals surface area contributed by atoms with Crippen LogP contribution < -0.4 is 0 Å². The Bertz CT molecular complexity index is 249. The summed E-state index contributed by atoms with van der Waals surface area (Å²) >= 11 is 0. The van der Waals surface area contributed by atoms with E-state index in [0.717, 1.165) is 6.54 Å². The average molecular weight is 176 g/mol. The monoisotopic (exact) mass is 176 g/mol. The van der Waals surface area contributed by atoms with Gasteiger partial charge in [-0.1, -0.05) is 30.3 Å². The zero-order chi connectivity index (χ0) is 9.90. The highest BCUT2D eigenvalue weighted by atomic mass is 15.3. The van der Waals surface area contributed by atoms with Crippen LogP contribution in [0.3, 0.4) is 0 Å². The highest BCUT2D eigenvalue weighted by Gasteiger charge is 2.12. The number of nitrogens with zero attached hydrogens (tertiary/aromatic N) is 1. The van der Waals surface area contributed by atoms with Crippen molar-refractivity contribution in [2.45, 2.75) is 26.4 Å². The fourth-order valence-electron chi connectivity index (χ4n) is 1.16. The fourth-order valence-corrected chi connectivity index (χ4v) is 1.16. The zero-order valence-corrected chi connectivity index (χ0v) is 8.70. The van der Waals surface area contributed by atoms with E-state index < -0.39 is 0 Å². The third kappa shape index (κ3) is 2.85. The van der Waals surface area contributed by atoms with Crippen LogP contribution in [0.25, 0.3) is 0 Å². The van der Waals surface area contributed by atoms with E-state index in [1.165, 1.54) is 5.56 Å². The van der Waals surface area contributed by atoms with Gasteiger partial charge in [-0.15, -0.1) is 0 Å². The number of hydrogen-bond donors (Lipinski definition) is 0. The van der Waals surface area contributed by atoms with Crippen LogP contribution in [0.15, 0.2) is 30.3 Å². The summed E-state index contributed by atoms with van der Waals surface area (Å²) in [5, 5.41) is 0. The van der Waals surface area contributed by atoms with Gasteiger partial charge in [-0.2, -0.15) is 0 Å². The molecule has 0 N–H and O–H groups in total. The molecule has 1 rings (SSSR count). The largest absolute Gasteiger partial charge is 0.473 e. The van der Waals surface area contributed by atoms with Crippen LogP contribution in [0.1, 0.15) is 19.4 Å². The summed E-state index contributed by atoms with van der Waals surface area (Å²) in [6.45, 7) is 5.17. The molecular weight excluding hydrogens is 158 g/mol. The highest BCUT2D eigenvalue weighted by Crippen LogP contribution is 2.14. The van der Waals surface area contributed by atoms with Gasteiger partial charge in [0.15, 0.2) is 0 Å². The SMILES string of the molecule is [CH-][N+](C)(Cc1ccccc1)C(C)C. The molecule has 1 atom stereocenters. The molecule has 1 nitrogen and oxygen atoms in total. The van der Waals surface area contributed by atoms with E-state index in [-0.39, 0.29) is 0 Å². The molecule has 13 heavy (non-hydrogen) atoms. The van der Waals surface area contributed by atoms with Gasteiger partial charge in [-0.05, 0) is 13.8 Å². The molecule has 0 aliphatic carbocycles. The Hall–Kier alpha value is -0.820. The summed E-state index contributed by atoms with van der Waals surface area (Å²) in [6, 6.07) is 10.8. The van der Waals surface area contributed by atoms with Crippen LogP contribution in [-0.4, -0.2) is 17.6 Å². The minimum atomic E-state index is 0.445. The lowest BCUT2D eigenvalue weighted by atomic mass is 10.1. The van der Waals surface area contributed by atoms with E-state index >= 15 is 0 Å². The Labute approximate surface area is 81.6 Å². The lowest BCUT2D eigenvalue weighted by Gasteiger charge is -2.44. The summed E-state index contributed by atoms with van der Waals surface area (Å²) < 4.78 is 0.546. The Morgan fingerprint density at radius 2 is 1.77 bits per heavy atom. The normalized spacial score (nSPS) is 15.8. The maximum absolute atomic E-state index is 6.13. The van der Waals surface area contributed by atoms with Gasteiger partial charge in [-0.3, -0.25) is 0 Å². The van der Waals surface area contributed by atoms with Crippen LogP contribution >= 0.6 is 0 Å². The third-order valence-electron chi connectivity index (χ3n) is 2.55. The predicted molar refractivity (Wildman–Crippen MR) is 55.8 cm³/mol. The lowest BCUT2D eigenvalue weighted by molar-refractivity contribution is -0.900. The molecule has 1 heteroatoms. The lowest BCUT2D eigenvalue weighted by Crippen LogP contribution is -2.42. The van der Waals surface area contributed by atoms with Crippen LogP contribution in [-0.2, 0) is 6.54 Å². The Morgan fingerprint density at radius 3 is 2.23 bits per heavy atom. The molecule has 1 aromatic rings. The first-order chi connectivity index (χ1) is 6.02. The molecule has 0 amide bonds. The van der Waals surface area contributed by atoms with E-state index in [1.54, 1.807) is 0 Å². The van der Waals surface area contributed by atoms with Crippen molar-refractivity contribution in [1.29, 1.82) is 0 Å². The average Bonchev–Trinajstić information content (AvgIpc) is 2.05. The first-order valence-corrected chi connectivity index (χ1v) is 4.70. The van der Waals surface area contributed by atoms with Crippen LogP contribution in [0.5, 0.6) is 0 Å². The number of quaternary nitrogens is 1. The van der Waals surface area contributed by atoms with Gasteiger partial charge in [0.1, 0.15) is 0 Å². The highest BCUT2D eigenvalue weighted by molar-refractivity contribution is 5.13. The van der Waals surface area contributed by atoms with E-state index in [9.17, 15) is 0 Å². The summed E-state index contributed by atoms with van der Waals surface area (Å²) in [7, 11) is 8.18. The minimum absolute atomic E-state index is 0.445. The molecule has 0 aliphatic heterocycles. The molecule has 0 fully saturated rings. The van der Waals surface area contributed by atoms with Gasteiger partial charge in [0, 0.05) is 12.6 Å². The molecule has 1 unspecified atom stereocenters. The Kier molecular flexibility index (Phi) is 3.10. The summed E-state index contributed by atoms with van der Waals surface area (Å²) in [6.07, 6.45) is 0. The van der Waals surface area contributed by atoms with Gasteiger partial charge >= 0.3 is 0 Å². The predicted octanol–water partition coefficient (Wildman–Crippen LogP) is 2.71. The Morgan fingerprint density at radius 1 is 1.23 bits per heavy atom.